The highest BCUT2D eigenvalue weighted by Crippen LogP contribution is 2.37. The number of nitrogens with zero attached hydrogens (tertiary/aromatic N) is 7. The molecule has 0 aliphatic carbocycles. The van der Waals surface area contributed by atoms with Gasteiger partial charge < -0.3 is 25.8 Å². The summed E-state index contributed by atoms with van der Waals surface area (Å²) in [5, 5.41) is 5.82. The number of urea groups is 2. The predicted molar refractivity (Wildman–Crippen MR) is 219 cm³/mol. The maximum atomic E-state index is 14.0. The number of halogens is 3. The number of aryl methyl sites for hydroxylation is 3. The molecule has 0 saturated carbocycles. The van der Waals surface area contributed by atoms with E-state index < -0.39 is 17.8 Å². The predicted octanol–water partition coefficient (Wildman–Crippen LogP) is 7.82. The van der Waals surface area contributed by atoms with Crippen LogP contribution in [0.1, 0.15) is 35.3 Å². The van der Waals surface area contributed by atoms with Crippen molar-refractivity contribution in [3.63, 3.8) is 0 Å². The smallest absolute Gasteiger partial charge is 0.416 e. The molecule has 1 unspecified atom stereocenters. The topological polar surface area (TPSA) is 173 Å². The van der Waals surface area contributed by atoms with Gasteiger partial charge in [-0.2, -0.15) is 13.2 Å². The van der Waals surface area contributed by atoms with Crippen LogP contribution in [-0.4, -0.2) is 70.6 Å². The highest BCUT2D eigenvalue weighted by atomic mass is 19.4. The Bertz CT molecular complexity index is 2450. The SMILES string of the molecule is CC(=NCC1COc2ccc(-c3cccc(C(F)(F)F)c3)nc2N(C(=O)Nc2ccnc(C)c2)C1)C(=CN)c1ccc2c(n1)N(C(=O)Nc1cc(C)nc(C)c1)CCO2. The number of fused-ring (bicyclic) bond motifs is 2. The van der Waals surface area contributed by atoms with Crippen molar-refractivity contribution in [2.45, 2.75) is 33.9 Å². The van der Waals surface area contributed by atoms with E-state index in [1.807, 2.05) is 13.8 Å². The average molecular weight is 807 g/mol. The number of carbonyl (C=O) groups is 2. The Kier molecular flexibility index (Phi) is 11.5. The summed E-state index contributed by atoms with van der Waals surface area (Å²) in [6.07, 6.45) is -1.59. The van der Waals surface area contributed by atoms with Crippen molar-refractivity contribution in [3.8, 4) is 22.8 Å². The van der Waals surface area contributed by atoms with E-state index in [2.05, 4.69) is 25.6 Å². The summed E-state index contributed by atoms with van der Waals surface area (Å²) >= 11 is 0. The van der Waals surface area contributed by atoms with E-state index in [4.69, 9.17) is 25.2 Å². The zero-order chi connectivity index (χ0) is 41.8. The van der Waals surface area contributed by atoms with Crippen molar-refractivity contribution in [1.29, 1.82) is 0 Å². The molecule has 7 rings (SSSR count). The highest BCUT2D eigenvalue weighted by Gasteiger charge is 2.33. The molecule has 0 bridgehead atoms. The second kappa shape index (κ2) is 16.8. The van der Waals surface area contributed by atoms with Gasteiger partial charge in [0.25, 0.3) is 0 Å². The lowest BCUT2D eigenvalue weighted by molar-refractivity contribution is -0.137. The number of hydrogen-bond acceptors (Lipinski definition) is 10. The van der Waals surface area contributed by atoms with Gasteiger partial charge in [-0.1, -0.05) is 12.1 Å². The number of nitrogens with one attached hydrogen (secondary N) is 2. The Morgan fingerprint density at radius 2 is 1.56 bits per heavy atom. The number of anilines is 4. The fraction of sp³-hybridized carbons (Fsp3) is 0.262. The van der Waals surface area contributed by atoms with E-state index in [-0.39, 0.29) is 67.6 Å². The van der Waals surface area contributed by atoms with Crippen molar-refractivity contribution in [3.05, 3.63) is 114 Å². The second-order valence-corrected chi connectivity index (χ2v) is 14.1. The Hall–Kier alpha value is -7.04. The summed E-state index contributed by atoms with van der Waals surface area (Å²) in [7, 11) is 0. The largest absolute Gasteiger partial charge is 0.489 e. The summed E-state index contributed by atoms with van der Waals surface area (Å²) in [6.45, 7) is 8.23. The van der Waals surface area contributed by atoms with Crippen molar-refractivity contribution >= 4 is 46.4 Å². The molecule has 14 nitrogen and oxygen atoms in total. The number of hydrogen-bond donors (Lipinski definition) is 3. The number of amides is 4. The lowest BCUT2D eigenvalue weighted by Gasteiger charge is -2.29. The van der Waals surface area contributed by atoms with Crippen molar-refractivity contribution in [1.82, 2.24) is 19.9 Å². The van der Waals surface area contributed by atoms with Crippen LogP contribution in [0.3, 0.4) is 0 Å². The first kappa shape index (κ1) is 40.2. The Balaban J connectivity index is 1.13. The summed E-state index contributed by atoms with van der Waals surface area (Å²) in [6, 6.07) is 17.4. The van der Waals surface area contributed by atoms with Gasteiger partial charge >= 0.3 is 18.2 Å². The fourth-order valence-corrected chi connectivity index (χ4v) is 6.75. The molecule has 4 N–H and O–H groups in total. The first-order valence-electron chi connectivity index (χ1n) is 18.7. The molecule has 17 heteroatoms. The zero-order valence-electron chi connectivity index (χ0n) is 32.7. The molecule has 4 amide bonds. The molecule has 59 heavy (non-hydrogen) atoms. The minimum Gasteiger partial charge on any atom is -0.489 e. The van der Waals surface area contributed by atoms with Crippen LogP contribution in [0.15, 0.2) is 90.2 Å². The van der Waals surface area contributed by atoms with Crippen LogP contribution in [0.5, 0.6) is 11.5 Å². The molecular formula is C42H41F3N10O4. The lowest BCUT2D eigenvalue weighted by Crippen LogP contribution is -2.41. The van der Waals surface area contributed by atoms with E-state index in [0.29, 0.717) is 45.6 Å². The van der Waals surface area contributed by atoms with Crippen molar-refractivity contribution in [2.75, 3.05) is 53.3 Å². The molecule has 4 aromatic heterocycles. The molecule has 5 aromatic rings. The molecule has 0 radical (unpaired) electrons. The summed E-state index contributed by atoms with van der Waals surface area (Å²) in [4.78, 5) is 53.3. The van der Waals surface area contributed by atoms with Crippen LogP contribution in [-0.2, 0) is 6.18 Å². The maximum Gasteiger partial charge on any atom is 0.416 e. The molecular weight excluding hydrogens is 766 g/mol. The number of alkyl halides is 3. The maximum absolute atomic E-state index is 14.0. The average Bonchev–Trinajstić information content (AvgIpc) is 3.38. The van der Waals surface area contributed by atoms with Gasteiger partial charge in [0.15, 0.2) is 23.1 Å². The van der Waals surface area contributed by atoms with Crippen molar-refractivity contribution in [2.24, 2.45) is 16.6 Å². The normalized spacial score (nSPS) is 15.6. The Morgan fingerprint density at radius 3 is 2.31 bits per heavy atom. The molecule has 1 aromatic carbocycles. The van der Waals surface area contributed by atoms with Gasteiger partial charge in [-0.25, -0.2) is 19.6 Å². The number of aromatic nitrogens is 4. The molecule has 2 aliphatic heterocycles. The third-order valence-corrected chi connectivity index (χ3v) is 9.55. The number of pyridine rings is 4. The van der Waals surface area contributed by atoms with Gasteiger partial charge in [0, 0.05) is 76.7 Å². The highest BCUT2D eigenvalue weighted by molar-refractivity contribution is 6.22. The van der Waals surface area contributed by atoms with Gasteiger partial charge in [0.2, 0.25) is 0 Å². The molecule has 1 atom stereocenters. The van der Waals surface area contributed by atoms with Crippen LogP contribution >= 0.6 is 0 Å². The Morgan fingerprint density at radius 1 is 0.864 bits per heavy atom. The van der Waals surface area contributed by atoms with Crippen LogP contribution in [0.25, 0.3) is 16.8 Å². The fourth-order valence-electron chi connectivity index (χ4n) is 6.75. The first-order chi connectivity index (χ1) is 28.2. The minimum atomic E-state index is -4.55. The second-order valence-electron chi connectivity index (χ2n) is 14.1. The van der Waals surface area contributed by atoms with Gasteiger partial charge in [-0.05, 0) is 88.4 Å². The third kappa shape index (κ3) is 9.24. The molecule has 2 aliphatic rings. The van der Waals surface area contributed by atoms with Crippen LogP contribution in [0, 0.1) is 26.7 Å². The molecule has 0 fully saturated rings. The monoisotopic (exact) mass is 806 g/mol. The van der Waals surface area contributed by atoms with Crippen LogP contribution < -0.4 is 35.6 Å². The van der Waals surface area contributed by atoms with Crippen LogP contribution in [0.4, 0.5) is 45.8 Å². The number of rotatable bonds is 7. The number of aliphatic imine (C=N–C) groups is 1. The van der Waals surface area contributed by atoms with E-state index in [1.54, 1.807) is 68.6 Å². The van der Waals surface area contributed by atoms with E-state index in [1.165, 1.54) is 28.1 Å². The van der Waals surface area contributed by atoms with Gasteiger partial charge in [-0.3, -0.25) is 24.8 Å². The van der Waals surface area contributed by atoms with E-state index in [9.17, 15) is 22.8 Å². The number of allylic oxidation sites excluding steroid dienone is 1. The number of nitrogens with two attached hydrogens (primary N) is 1. The van der Waals surface area contributed by atoms with Gasteiger partial charge in [0.05, 0.1) is 30.1 Å². The Labute approximate surface area is 338 Å². The van der Waals surface area contributed by atoms with Crippen molar-refractivity contribution < 1.29 is 32.2 Å². The quantitative estimate of drug-likeness (QED) is 0.139. The number of ether oxygens (including phenoxy) is 2. The van der Waals surface area contributed by atoms with Gasteiger partial charge in [-0.15, -0.1) is 0 Å². The number of carbonyl (C=O) groups excluding carboxylic acids is 2. The standard InChI is InChI=1S/C42H41F3N10O4/c1-24-16-31(12-13-47-24)50-41(57)55-22-28(23-59-37-10-8-34(52-39(37)55)29-6-5-7-30(19-29)42(43,44)45)21-48-27(4)33(20-46)35-9-11-36-38(53-35)54(14-15-58-36)40(56)51-32-17-25(2)49-26(3)18-32/h5-13,16-20,28H,14-15,21-23,46H2,1-4H3,(H,47,50,57)(H,49,51,56). The van der Waals surface area contributed by atoms with Gasteiger partial charge in [0.1, 0.15) is 6.61 Å². The molecule has 6 heterocycles. The summed E-state index contributed by atoms with van der Waals surface area (Å²) in [5.74, 6) is 0.792. The minimum absolute atomic E-state index is 0.0927. The molecule has 304 valence electrons. The summed E-state index contributed by atoms with van der Waals surface area (Å²) in [5.41, 5.74) is 10.6. The lowest BCUT2D eigenvalue weighted by atomic mass is 10.1. The number of benzene rings is 1. The van der Waals surface area contributed by atoms with Crippen LogP contribution in [0.2, 0.25) is 0 Å². The molecule has 0 saturated heterocycles. The van der Waals surface area contributed by atoms with E-state index >= 15 is 0 Å². The van der Waals surface area contributed by atoms with E-state index in [0.717, 1.165) is 23.5 Å². The first-order valence-corrected chi connectivity index (χ1v) is 18.7. The zero-order valence-corrected chi connectivity index (χ0v) is 32.7. The summed E-state index contributed by atoms with van der Waals surface area (Å²) < 4.78 is 52.8. The third-order valence-electron chi connectivity index (χ3n) is 9.55. The molecule has 0 spiro atoms.